The number of para-hydroxylation sites is 2. The summed E-state index contributed by atoms with van der Waals surface area (Å²) in [6.07, 6.45) is 0. The molecule has 4 aromatic carbocycles. The van der Waals surface area contributed by atoms with Gasteiger partial charge >= 0.3 is 0 Å². The van der Waals surface area contributed by atoms with Gasteiger partial charge in [-0.05, 0) is 55.0 Å². The molecule has 2 aliphatic heterocycles. The maximum atomic E-state index is 14.7. The second-order valence-corrected chi connectivity index (χ2v) is 11.9. The molecule has 2 aliphatic rings. The number of rotatable bonds is 3. The third-order valence-corrected chi connectivity index (χ3v) is 9.53. The molecule has 1 spiro atoms. The minimum absolute atomic E-state index is 0.0858. The Bertz CT molecular complexity index is 1880. The largest absolute Gasteiger partial charge is 0.458 e. The van der Waals surface area contributed by atoms with Crippen molar-refractivity contribution in [3.05, 3.63) is 125 Å². The van der Waals surface area contributed by atoms with E-state index < -0.39 is 27.4 Å². The third kappa shape index (κ3) is 2.94. The number of carbonyl (C=O) groups excluding carboxylic acids is 1. The number of hydrogen-bond acceptors (Lipinski definition) is 4. The van der Waals surface area contributed by atoms with Gasteiger partial charge in [0.1, 0.15) is 17.0 Å². The smallest absolute Gasteiger partial charge is 0.265 e. The lowest BCUT2D eigenvalue weighted by atomic mass is 9.76. The van der Waals surface area contributed by atoms with Crippen LogP contribution in [0.5, 0.6) is 0 Å². The van der Waals surface area contributed by atoms with E-state index in [1.807, 2.05) is 43.3 Å². The lowest BCUT2D eigenvalue weighted by molar-refractivity contribution is -0.120. The second-order valence-electron chi connectivity index (χ2n) is 9.65. The first-order valence-electron chi connectivity index (χ1n) is 12.1. The molecule has 188 valence electrons. The van der Waals surface area contributed by atoms with Crippen LogP contribution in [0.15, 0.2) is 106 Å². The van der Waals surface area contributed by atoms with Crippen molar-refractivity contribution in [1.29, 1.82) is 0 Å². The van der Waals surface area contributed by atoms with Crippen LogP contribution in [0.3, 0.4) is 0 Å². The number of benzene rings is 4. The van der Waals surface area contributed by atoms with Crippen molar-refractivity contribution in [1.82, 2.24) is 0 Å². The summed E-state index contributed by atoms with van der Waals surface area (Å²) in [7, 11) is -4.27. The minimum Gasteiger partial charge on any atom is -0.458 e. The van der Waals surface area contributed by atoms with Crippen LogP contribution in [0, 0.1) is 6.92 Å². The Hall–Kier alpha value is -4.07. The Morgan fingerprint density at radius 3 is 2.45 bits per heavy atom. The molecule has 38 heavy (non-hydrogen) atoms. The molecule has 1 N–H and O–H groups in total. The van der Waals surface area contributed by atoms with E-state index in [1.165, 1.54) is 4.31 Å². The van der Waals surface area contributed by atoms with E-state index in [2.05, 4.69) is 5.32 Å². The van der Waals surface area contributed by atoms with Crippen LogP contribution in [0.1, 0.15) is 28.4 Å². The van der Waals surface area contributed by atoms with E-state index in [-0.39, 0.29) is 4.90 Å². The summed E-state index contributed by atoms with van der Waals surface area (Å²) in [6.45, 7) is 1.89. The molecule has 0 saturated carbocycles. The summed E-state index contributed by atoms with van der Waals surface area (Å²) in [4.78, 5) is 14.4. The van der Waals surface area contributed by atoms with Crippen molar-refractivity contribution in [3.8, 4) is 0 Å². The van der Waals surface area contributed by atoms with Crippen molar-refractivity contribution in [2.75, 3.05) is 9.62 Å². The topological polar surface area (TPSA) is 79.6 Å². The first-order chi connectivity index (χ1) is 18.3. The van der Waals surface area contributed by atoms with Crippen LogP contribution in [0.25, 0.3) is 11.0 Å². The van der Waals surface area contributed by atoms with Gasteiger partial charge in [-0.25, -0.2) is 12.7 Å². The van der Waals surface area contributed by atoms with Crippen molar-refractivity contribution >= 4 is 49.9 Å². The van der Waals surface area contributed by atoms with Gasteiger partial charge in [-0.3, -0.25) is 4.79 Å². The van der Waals surface area contributed by atoms with Crippen LogP contribution < -0.4 is 9.62 Å². The molecule has 1 amide bonds. The predicted octanol–water partition coefficient (Wildman–Crippen LogP) is 6.58. The third-order valence-electron chi connectivity index (χ3n) is 7.47. The fourth-order valence-corrected chi connectivity index (χ4v) is 7.88. The van der Waals surface area contributed by atoms with Crippen LogP contribution in [0.4, 0.5) is 11.4 Å². The SMILES string of the molecule is Cc1ccc(S(=O)(=O)N2c3c(oc4ccccc34)C(c3cccc(Cl)c3)C23C(=O)Nc2ccccc23)cc1. The summed E-state index contributed by atoms with van der Waals surface area (Å²) in [5.74, 6) is -0.849. The van der Waals surface area contributed by atoms with Gasteiger partial charge in [0, 0.05) is 21.7 Å². The normalized spacial score (nSPS) is 20.1. The fourth-order valence-electron chi connectivity index (χ4n) is 5.90. The molecule has 6 nitrogen and oxygen atoms in total. The highest BCUT2D eigenvalue weighted by Crippen LogP contribution is 2.63. The summed E-state index contributed by atoms with van der Waals surface area (Å²) >= 11 is 6.43. The number of furan rings is 1. The Labute approximate surface area is 224 Å². The first-order valence-corrected chi connectivity index (χ1v) is 14.0. The average molecular weight is 541 g/mol. The number of hydrogen-bond donors (Lipinski definition) is 1. The Morgan fingerprint density at radius 2 is 1.66 bits per heavy atom. The van der Waals surface area contributed by atoms with Gasteiger partial charge in [-0.15, -0.1) is 0 Å². The monoisotopic (exact) mass is 540 g/mol. The molecule has 3 heterocycles. The minimum atomic E-state index is -4.27. The van der Waals surface area contributed by atoms with Gasteiger partial charge in [0.25, 0.3) is 15.9 Å². The van der Waals surface area contributed by atoms with Crippen molar-refractivity contribution in [2.24, 2.45) is 0 Å². The number of aryl methyl sites for hydroxylation is 1. The van der Waals surface area contributed by atoms with Gasteiger partial charge in [0.15, 0.2) is 5.54 Å². The van der Waals surface area contributed by atoms with Gasteiger partial charge < -0.3 is 9.73 Å². The number of halogens is 1. The molecule has 0 saturated heterocycles. The maximum absolute atomic E-state index is 14.7. The van der Waals surface area contributed by atoms with E-state index in [0.29, 0.717) is 44.3 Å². The Balaban J connectivity index is 1.65. The van der Waals surface area contributed by atoms with Crippen LogP contribution in [-0.4, -0.2) is 14.3 Å². The van der Waals surface area contributed by atoms with Crippen molar-refractivity contribution < 1.29 is 17.6 Å². The molecule has 2 unspecified atom stereocenters. The number of carbonyl (C=O) groups is 1. The van der Waals surface area contributed by atoms with E-state index in [9.17, 15) is 13.2 Å². The zero-order valence-corrected chi connectivity index (χ0v) is 21.8. The van der Waals surface area contributed by atoms with E-state index in [1.54, 1.807) is 60.7 Å². The Morgan fingerprint density at radius 1 is 0.921 bits per heavy atom. The number of anilines is 2. The fraction of sp³-hybridized carbons (Fsp3) is 0.100. The van der Waals surface area contributed by atoms with E-state index in [4.69, 9.17) is 16.0 Å². The first kappa shape index (κ1) is 23.1. The number of fused-ring (bicyclic) bond motifs is 5. The lowest BCUT2D eigenvalue weighted by Crippen LogP contribution is -2.54. The van der Waals surface area contributed by atoms with E-state index in [0.717, 1.165) is 5.56 Å². The molecule has 2 atom stereocenters. The molecule has 8 heteroatoms. The summed E-state index contributed by atoms with van der Waals surface area (Å²) in [5.41, 5.74) is 1.93. The summed E-state index contributed by atoms with van der Waals surface area (Å²) < 4.78 is 37.1. The molecule has 5 aromatic rings. The highest BCUT2D eigenvalue weighted by Gasteiger charge is 2.67. The zero-order chi connectivity index (χ0) is 26.2. The van der Waals surface area contributed by atoms with E-state index >= 15 is 0 Å². The molecule has 7 rings (SSSR count). The van der Waals surface area contributed by atoms with Crippen LogP contribution in [-0.2, 0) is 20.4 Å². The standard InChI is InChI=1S/C30H21ClN2O4S/c1-18-13-15-21(16-14-18)38(35,36)33-27-22-9-2-5-12-25(22)37-28(27)26(19-7-6-8-20(31)17-19)30(33)23-10-3-4-11-24(23)32-29(30)34/h2-17,26H,1H3,(H,32,34). The number of nitrogens with one attached hydrogen (secondary N) is 1. The number of sulfonamides is 1. The average Bonchev–Trinajstić information content (AvgIpc) is 3.51. The van der Waals surface area contributed by atoms with Gasteiger partial charge in [-0.2, -0.15) is 0 Å². The molecule has 0 radical (unpaired) electrons. The molecule has 1 aromatic heterocycles. The molecule has 0 fully saturated rings. The highest BCUT2D eigenvalue weighted by atomic mass is 35.5. The quantitative estimate of drug-likeness (QED) is 0.280. The predicted molar refractivity (Wildman–Crippen MR) is 147 cm³/mol. The Kier molecular flexibility index (Phi) is 4.84. The zero-order valence-electron chi connectivity index (χ0n) is 20.2. The van der Waals surface area contributed by atoms with Crippen LogP contribution >= 0.6 is 11.6 Å². The van der Waals surface area contributed by atoms with Gasteiger partial charge in [0.05, 0.1) is 10.8 Å². The second kappa shape index (κ2) is 7.96. The molecular weight excluding hydrogens is 520 g/mol. The highest BCUT2D eigenvalue weighted by molar-refractivity contribution is 7.93. The molecular formula is C30H21ClN2O4S. The number of nitrogens with zero attached hydrogens (tertiary/aromatic N) is 1. The van der Waals surface area contributed by atoms with Gasteiger partial charge in [-0.1, -0.05) is 71.8 Å². The van der Waals surface area contributed by atoms with Gasteiger partial charge in [0.2, 0.25) is 0 Å². The van der Waals surface area contributed by atoms with Crippen LogP contribution in [0.2, 0.25) is 5.02 Å². The number of amides is 1. The van der Waals surface area contributed by atoms with Crippen molar-refractivity contribution in [3.63, 3.8) is 0 Å². The van der Waals surface area contributed by atoms with Crippen molar-refractivity contribution in [2.45, 2.75) is 23.3 Å². The molecule has 0 aliphatic carbocycles. The summed E-state index contributed by atoms with van der Waals surface area (Å²) in [6, 6.07) is 28.3. The lowest BCUT2D eigenvalue weighted by Gasteiger charge is -2.38. The molecule has 0 bridgehead atoms. The summed E-state index contributed by atoms with van der Waals surface area (Å²) in [5, 5.41) is 4.04. The maximum Gasteiger partial charge on any atom is 0.265 e.